The summed E-state index contributed by atoms with van der Waals surface area (Å²) < 4.78 is 0. The van der Waals surface area contributed by atoms with Crippen LogP contribution in [0.15, 0.2) is 0 Å². The molecule has 4 heteroatoms. The largest absolute Gasteiger partial charge is 0.394 e. The molecule has 0 unspecified atom stereocenters. The quantitative estimate of drug-likeness (QED) is 0.419. The Morgan fingerprint density at radius 2 is 1.43 bits per heavy atom. The Morgan fingerprint density at radius 3 is 1.43 bits per heavy atom. The Labute approximate surface area is 49.0 Å². The van der Waals surface area contributed by atoms with E-state index >= 15 is 0 Å². The molecule has 0 aliphatic rings. The summed E-state index contributed by atoms with van der Waals surface area (Å²) in [6.07, 6.45) is -0.954. The molecule has 0 spiro atoms. The third-order valence-electron chi connectivity index (χ3n) is 0.421. The molecule has 0 heterocycles. The van der Waals surface area contributed by atoms with Crippen LogP contribution in [0.4, 0.5) is 0 Å². The third-order valence-corrected chi connectivity index (χ3v) is 0.421. The van der Waals surface area contributed by atoms with Crippen molar-refractivity contribution in [1.29, 1.82) is 0 Å². The van der Waals surface area contributed by atoms with E-state index in [0.717, 1.165) is 0 Å². The van der Waals surface area contributed by atoms with Crippen molar-refractivity contribution >= 4 is 13.5 Å². The lowest BCUT2D eigenvalue weighted by Crippen LogP contribution is -2.15. The number of aliphatic hydroxyl groups is 3. The van der Waals surface area contributed by atoms with Crippen molar-refractivity contribution in [1.82, 2.24) is 0 Å². The standard InChI is InChI=1S/C3H8O3.H2S/c4-1-3(6)2-5;/h3-6H,1-2H2;1H2. The van der Waals surface area contributed by atoms with Crippen LogP contribution in [0.1, 0.15) is 0 Å². The monoisotopic (exact) mass is 126 g/mol. The SMILES string of the molecule is OCC(O)CO.S. The zero-order valence-corrected chi connectivity index (χ0v) is 4.83. The van der Waals surface area contributed by atoms with Crippen LogP contribution in [-0.2, 0) is 0 Å². The van der Waals surface area contributed by atoms with Gasteiger partial charge in [-0.2, -0.15) is 13.5 Å². The Hall–Kier alpha value is 0.230. The Bertz CT molecular complexity index is 29.4. The highest BCUT2D eigenvalue weighted by molar-refractivity contribution is 7.59. The first-order valence-electron chi connectivity index (χ1n) is 1.71. The lowest BCUT2D eigenvalue weighted by Gasteiger charge is -1.96. The normalized spacial score (nSPS) is 8.57. The summed E-state index contributed by atoms with van der Waals surface area (Å²) in [6, 6.07) is 0. The van der Waals surface area contributed by atoms with Gasteiger partial charge in [0.05, 0.1) is 13.2 Å². The average Bonchev–Trinajstić information content (AvgIpc) is 1.65. The summed E-state index contributed by atoms with van der Waals surface area (Å²) in [5, 5.41) is 24.0. The van der Waals surface area contributed by atoms with E-state index in [1.807, 2.05) is 0 Å². The van der Waals surface area contributed by atoms with Gasteiger partial charge in [-0.1, -0.05) is 0 Å². The molecule has 0 aromatic carbocycles. The molecule has 0 aliphatic carbocycles. The van der Waals surface area contributed by atoms with Crippen LogP contribution in [0, 0.1) is 0 Å². The van der Waals surface area contributed by atoms with Gasteiger partial charge in [-0.05, 0) is 0 Å². The van der Waals surface area contributed by atoms with Crippen LogP contribution < -0.4 is 0 Å². The molecule has 0 aromatic heterocycles. The highest BCUT2D eigenvalue weighted by atomic mass is 32.1. The van der Waals surface area contributed by atoms with E-state index in [0.29, 0.717) is 0 Å². The molecule has 0 amide bonds. The lowest BCUT2D eigenvalue weighted by atomic mass is 10.4. The van der Waals surface area contributed by atoms with Gasteiger partial charge in [-0.25, -0.2) is 0 Å². The number of hydrogen-bond donors (Lipinski definition) is 3. The second-order valence-corrected chi connectivity index (χ2v) is 1.02. The zero-order chi connectivity index (χ0) is 4.99. The summed E-state index contributed by atoms with van der Waals surface area (Å²) >= 11 is 0. The molecule has 3 N–H and O–H groups in total. The van der Waals surface area contributed by atoms with E-state index in [9.17, 15) is 0 Å². The Morgan fingerprint density at radius 1 is 1.14 bits per heavy atom. The number of rotatable bonds is 2. The molecule has 0 rings (SSSR count). The van der Waals surface area contributed by atoms with Crippen molar-refractivity contribution in [2.45, 2.75) is 6.10 Å². The first-order chi connectivity index (χ1) is 2.81. The first-order valence-corrected chi connectivity index (χ1v) is 1.71. The predicted octanol–water partition coefficient (Wildman–Crippen LogP) is -1.56. The van der Waals surface area contributed by atoms with Crippen LogP contribution >= 0.6 is 13.5 Å². The maximum atomic E-state index is 8.17. The van der Waals surface area contributed by atoms with Gasteiger partial charge in [0.1, 0.15) is 6.10 Å². The minimum Gasteiger partial charge on any atom is -0.394 e. The van der Waals surface area contributed by atoms with Crippen molar-refractivity contribution < 1.29 is 15.3 Å². The van der Waals surface area contributed by atoms with E-state index in [4.69, 9.17) is 15.3 Å². The van der Waals surface area contributed by atoms with Crippen LogP contribution in [0.3, 0.4) is 0 Å². The van der Waals surface area contributed by atoms with Gasteiger partial charge in [-0.15, -0.1) is 0 Å². The van der Waals surface area contributed by atoms with Gasteiger partial charge in [-0.3, -0.25) is 0 Å². The Balaban J connectivity index is 0. The number of aliphatic hydroxyl groups excluding tert-OH is 3. The zero-order valence-electron chi connectivity index (χ0n) is 3.83. The number of hydrogen-bond acceptors (Lipinski definition) is 3. The second-order valence-electron chi connectivity index (χ2n) is 1.02. The average molecular weight is 126 g/mol. The van der Waals surface area contributed by atoms with Crippen molar-refractivity contribution in [3.05, 3.63) is 0 Å². The summed E-state index contributed by atoms with van der Waals surface area (Å²) in [6.45, 7) is -0.729. The highest BCUT2D eigenvalue weighted by Crippen LogP contribution is 1.71. The van der Waals surface area contributed by atoms with E-state index in [1.54, 1.807) is 0 Å². The topological polar surface area (TPSA) is 60.7 Å². The highest BCUT2D eigenvalue weighted by Gasteiger charge is 1.93. The molecule has 0 fully saturated rings. The summed E-state index contributed by atoms with van der Waals surface area (Å²) in [4.78, 5) is 0. The lowest BCUT2D eigenvalue weighted by molar-refractivity contribution is 0.0450. The molecule has 0 aromatic rings. The maximum absolute atomic E-state index is 8.17. The van der Waals surface area contributed by atoms with Gasteiger partial charge < -0.3 is 15.3 Å². The summed E-state index contributed by atoms with van der Waals surface area (Å²) in [7, 11) is 0. The van der Waals surface area contributed by atoms with Gasteiger partial charge in [0, 0.05) is 0 Å². The minimum absolute atomic E-state index is 0. The molecule has 46 valence electrons. The van der Waals surface area contributed by atoms with Crippen LogP contribution in [0.25, 0.3) is 0 Å². The van der Waals surface area contributed by atoms with Crippen molar-refractivity contribution in [3.63, 3.8) is 0 Å². The molecule has 0 saturated heterocycles. The van der Waals surface area contributed by atoms with Crippen molar-refractivity contribution in [2.24, 2.45) is 0 Å². The predicted molar refractivity (Wildman–Crippen MR) is 30.6 cm³/mol. The second kappa shape index (κ2) is 6.23. The smallest absolute Gasteiger partial charge is 0.100 e. The maximum Gasteiger partial charge on any atom is 0.100 e. The molecule has 0 saturated carbocycles. The molecule has 0 aliphatic heterocycles. The van der Waals surface area contributed by atoms with E-state index in [2.05, 4.69) is 0 Å². The Kier molecular flexibility index (Phi) is 9.13. The minimum atomic E-state index is -0.954. The molecule has 0 atom stereocenters. The molecule has 0 bridgehead atoms. The summed E-state index contributed by atoms with van der Waals surface area (Å²) in [5.74, 6) is 0. The fraction of sp³-hybridized carbons (Fsp3) is 1.00. The van der Waals surface area contributed by atoms with Gasteiger partial charge >= 0.3 is 0 Å². The van der Waals surface area contributed by atoms with E-state index < -0.39 is 6.10 Å². The van der Waals surface area contributed by atoms with Crippen molar-refractivity contribution in [3.8, 4) is 0 Å². The van der Waals surface area contributed by atoms with Crippen molar-refractivity contribution in [2.75, 3.05) is 13.2 Å². The van der Waals surface area contributed by atoms with Gasteiger partial charge in [0.15, 0.2) is 0 Å². The van der Waals surface area contributed by atoms with Gasteiger partial charge in [0.25, 0.3) is 0 Å². The van der Waals surface area contributed by atoms with Gasteiger partial charge in [0.2, 0.25) is 0 Å². The molecular weight excluding hydrogens is 116 g/mol. The fourth-order valence-electron chi connectivity index (χ4n) is 0.0577. The molecule has 3 nitrogen and oxygen atoms in total. The van der Waals surface area contributed by atoms with E-state index in [-0.39, 0.29) is 26.7 Å². The summed E-state index contributed by atoms with van der Waals surface area (Å²) in [5.41, 5.74) is 0. The van der Waals surface area contributed by atoms with Crippen LogP contribution in [-0.4, -0.2) is 34.6 Å². The van der Waals surface area contributed by atoms with Crippen LogP contribution in [0.5, 0.6) is 0 Å². The fourth-order valence-corrected chi connectivity index (χ4v) is 0.0577. The third kappa shape index (κ3) is 6.23. The molecule has 0 radical (unpaired) electrons. The van der Waals surface area contributed by atoms with Crippen LogP contribution in [0.2, 0.25) is 0 Å². The molecule has 7 heavy (non-hydrogen) atoms. The first kappa shape index (κ1) is 10.3. The molecular formula is C3H10O3S. The van der Waals surface area contributed by atoms with E-state index in [1.165, 1.54) is 0 Å².